The van der Waals surface area contributed by atoms with Crippen molar-refractivity contribution >= 4 is 64.3 Å². The van der Waals surface area contributed by atoms with E-state index in [1.54, 1.807) is 25.1 Å². The van der Waals surface area contributed by atoms with E-state index in [2.05, 4.69) is 32.5 Å². The van der Waals surface area contributed by atoms with Crippen LogP contribution < -0.4 is 36.1 Å². The number of hydrogen-bond acceptors (Lipinski definition) is 11. The summed E-state index contributed by atoms with van der Waals surface area (Å²) in [6.45, 7) is 1.63. The number of carbonyl (C=O) groups excluding carboxylic acids is 5. The van der Waals surface area contributed by atoms with Crippen LogP contribution in [0, 0.1) is 12.3 Å². The lowest BCUT2D eigenvalue weighted by Crippen LogP contribution is -2.43. The number of carbonyl (C=O) groups is 6. The minimum atomic E-state index is -1.42. The maximum absolute atomic E-state index is 13.2. The molecule has 316 valence electrons. The number of ether oxygens (including phenoxy) is 2. The second-order valence-electron chi connectivity index (χ2n) is 13.2. The zero-order chi connectivity index (χ0) is 45.1. The summed E-state index contributed by atoms with van der Waals surface area (Å²) < 4.78 is 10.3. The van der Waals surface area contributed by atoms with Gasteiger partial charge in [0.1, 0.15) is 17.4 Å². The van der Waals surface area contributed by atoms with Gasteiger partial charge in [0.05, 0.1) is 31.2 Å². The Morgan fingerprint density at radius 1 is 0.645 bits per heavy atom. The topological polar surface area (TPSA) is 262 Å². The van der Waals surface area contributed by atoms with Crippen LogP contribution in [0.2, 0.25) is 0 Å². The SMILES string of the molecule is C#CCC(NC(=O)c1ccc(NC(=O)/C(C)=C/c2ccc(O)cc2)cc1)C(=O)Nc1ccc(C(=O)Nc2ccc(C(=O)Nc3ccc(C(=O)O)c(O)c3OC)c(O)c2OC)cc1. The number of phenols is 3. The van der Waals surface area contributed by atoms with Crippen LogP contribution in [-0.4, -0.2) is 76.2 Å². The van der Waals surface area contributed by atoms with Crippen molar-refractivity contribution in [2.45, 2.75) is 19.4 Å². The maximum atomic E-state index is 13.2. The maximum Gasteiger partial charge on any atom is 0.339 e. The normalized spacial score (nSPS) is 11.2. The summed E-state index contributed by atoms with van der Waals surface area (Å²) in [5.41, 5.74) is 1.28. The molecule has 5 amide bonds. The number of rotatable bonds is 15. The van der Waals surface area contributed by atoms with E-state index < -0.39 is 52.7 Å². The Morgan fingerprint density at radius 2 is 1.15 bits per heavy atom. The molecule has 5 rings (SSSR count). The largest absolute Gasteiger partial charge is 0.508 e. The van der Waals surface area contributed by atoms with E-state index >= 15 is 0 Å². The van der Waals surface area contributed by atoms with Crippen LogP contribution in [0.5, 0.6) is 28.7 Å². The van der Waals surface area contributed by atoms with E-state index in [4.69, 9.17) is 15.9 Å². The fourth-order valence-electron chi connectivity index (χ4n) is 5.82. The van der Waals surface area contributed by atoms with Crippen molar-refractivity contribution in [1.29, 1.82) is 0 Å². The highest BCUT2D eigenvalue weighted by molar-refractivity contribution is 6.11. The summed E-state index contributed by atoms with van der Waals surface area (Å²) in [6, 6.07) is 21.6. The lowest BCUT2D eigenvalue weighted by atomic mass is 10.1. The summed E-state index contributed by atoms with van der Waals surface area (Å²) in [7, 11) is 2.36. The highest BCUT2D eigenvalue weighted by Crippen LogP contribution is 2.40. The number of carboxylic acid groups (broad SMARTS) is 1. The molecule has 1 unspecified atom stereocenters. The molecule has 0 aliphatic rings. The summed E-state index contributed by atoms with van der Waals surface area (Å²) in [4.78, 5) is 76.7. The van der Waals surface area contributed by atoms with Gasteiger partial charge in [-0.15, -0.1) is 12.3 Å². The Kier molecular flexibility index (Phi) is 14.1. The van der Waals surface area contributed by atoms with Gasteiger partial charge in [-0.25, -0.2) is 4.79 Å². The third-order valence-corrected chi connectivity index (χ3v) is 9.04. The lowest BCUT2D eigenvalue weighted by molar-refractivity contribution is -0.118. The number of terminal acetylenes is 1. The third-order valence-electron chi connectivity index (χ3n) is 9.04. The molecule has 0 saturated carbocycles. The Morgan fingerprint density at radius 3 is 1.68 bits per heavy atom. The molecule has 0 fully saturated rings. The molecule has 1 atom stereocenters. The van der Waals surface area contributed by atoms with Gasteiger partial charge in [0.25, 0.3) is 23.6 Å². The number of aromatic carboxylic acids is 1. The van der Waals surface area contributed by atoms with Crippen LogP contribution in [0.1, 0.15) is 60.3 Å². The van der Waals surface area contributed by atoms with Gasteiger partial charge in [-0.3, -0.25) is 24.0 Å². The molecule has 5 aromatic carbocycles. The standard InChI is InChI=1S/C45H39N5O12/c1-5-6-35(50-42(56)27-9-13-28(14-10-27)46-40(54)24(2)23-25-7-17-30(51)18-8-25)44(58)47-29-15-11-26(12-16-29)41(55)48-33-21-19-31(36(52)38(33)61-3)43(57)49-34-22-20-32(45(59)60)37(53)39(34)62-4/h1,7-23,35,51-53H,6H2,2-4H3,(H,46,54)(H,47,58)(H,48,55)(H,49,57)(H,50,56)(H,59,60)/b24-23+. The van der Waals surface area contributed by atoms with E-state index in [-0.39, 0.29) is 63.3 Å². The van der Waals surface area contributed by atoms with Crippen molar-refractivity contribution < 1.29 is 58.7 Å². The van der Waals surface area contributed by atoms with Crippen molar-refractivity contribution in [2.75, 3.05) is 35.5 Å². The first-order valence-electron chi connectivity index (χ1n) is 18.3. The molecule has 0 heterocycles. The van der Waals surface area contributed by atoms with Crippen molar-refractivity contribution in [2.24, 2.45) is 0 Å². The zero-order valence-corrected chi connectivity index (χ0v) is 33.2. The molecule has 0 saturated heterocycles. The Labute approximate surface area is 354 Å². The summed E-state index contributed by atoms with van der Waals surface area (Å²) in [6.07, 6.45) is 7.00. The van der Waals surface area contributed by atoms with Crippen molar-refractivity contribution in [3.63, 3.8) is 0 Å². The van der Waals surface area contributed by atoms with E-state index in [9.17, 15) is 49.2 Å². The van der Waals surface area contributed by atoms with Crippen LogP contribution in [0.15, 0.2) is 103 Å². The predicted molar refractivity (Wildman–Crippen MR) is 229 cm³/mol. The monoisotopic (exact) mass is 841 g/mol. The Hall–Kier alpha value is -8.78. The molecule has 0 aliphatic heterocycles. The van der Waals surface area contributed by atoms with Crippen molar-refractivity contribution in [1.82, 2.24) is 5.32 Å². The molecule has 5 aromatic rings. The number of aromatic hydroxyl groups is 3. The highest BCUT2D eigenvalue weighted by Gasteiger charge is 2.25. The van der Waals surface area contributed by atoms with Gasteiger partial charge in [0.2, 0.25) is 5.91 Å². The number of benzene rings is 5. The van der Waals surface area contributed by atoms with E-state index in [1.807, 2.05) is 0 Å². The molecule has 17 heteroatoms. The first kappa shape index (κ1) is 44.3. The van der Waals surface area contributed by atoms with E-state index in [0.717, 1.165) is 18.7 Å². The fourth-order valence-corrected chi connectivity index (χ4v) is 5.82. The minimum Gasteiger partial charge on any atom is -0.508 e. The molecule has 62 heavy (non-hydrogen) atoms. The quantitative estimate of drug-likeness (QED) is 0.0446. The first-order valence-corrected chi connectivity index (χ1v) is 18.3. The molecule has 9 N–H and O–H groups in total. The van der Waals surface area contributed by atoms with Crippen LogP contribution in [-0.2, 0) is 9.59 Å². The van der Waals surface area contributed by atoms with Gasteiger partial charge in [0, 0.05) is 34.5 Å². The van der Waals surface area contributed by atoms with Gasteiger partial charge in [-0.1, -0.05) is 12.1 Å². The number of hydrogen-bond donors (Lipinski definition) is 9. The summed E-state index contributed by atoms with van der Waals surface area (Å²) >= 11 is 0. The Balaban J connectivity index is 1.18. The number of methoxy groups -OCH3 is 2. The fraction of sp³-hybridized carbons (Fsp3) is 0.111. The van der Waals surface area contributed by atoms with E-state index in [0.29, 0.717) is 11.3 Å². The molecule has 0 spiro atoms. The third kappa shape index (κ3) is 10.6. The summed E-state index contributed by atoms with van der Waals surface area (Å²) in [5, 5.41) is 52.9. The number of nitrogens with one attached hydrogen (secondary N) is 5. The molecule has 0 aliphatic carbocycles. The van der Waals surface area contributed by atoms with Gasteiger partial charge in [-0.05, 0) is 103 Å². The summed E-state index contributed by atoms with van der Waals surface area (Å²) in [5.74, 6) is -4.04. The second-order valence-corrected chi connectivity index (χ2v) is 13.2. The highest BCUT2D eigenvalue weighted by atomic mass is 16.5. The minimum absolute atomic E-state index is 0.00792. The average Bonchev–Trinajstić information content (AvgIpc) is 3.24. The van der Waals surface area contributed by atoms with Crippen LogP contribution in [0.25, 0.3) is 6.08 Å². The predicted octanol–water partition coefficient (Wildman–Crippen LogP) is 5.83. The number of anilines is 4. The van der Waals surface area contributed by atoms with Gasteiger partial charge >= 0.3 is 5.97 Å². The molecular formula is C45H39N5O12. The molecular weight excluding hydrogens is 803 g/mol. The van der Waals surface area contributed by atoms with Gasteiger partial charge < -0.3 is 56.5 Å². The Bertz CT molecular complexity index is 2620. The zero-order valence-electron chi connectivity index (χ0n) is 33.2. The molecule has 0 aromatic heterocycles. The van der Waals surface area contributed by atoms with Crippen molar-refractivity contribution in [3.8, 4) is 41.1 Å². The molecule has 0 radical (unpaired) electrons. The second kappa shape index (κ2) is 19.8. The number of phenolic OH excluding ortho intramolecular Hbond substituents is 2. The molecule has 0 bridgehead atoms. The smallest absolute Gasteiger partial charge is 0.339 e. The van der Waals surface area contributed by atoms with E-state index in [1.165, 1.54) is 86.0 Å². The van der Waals surface area contributed by atoms with Gasteiger partial charge in [0.15, 0.2) is 23.0 Å². The van der Waals surface area contributed by atoms with Crippen LogP contribution in [0.4, 0.5) is 22.7 Å². The molecule has 17 nitrogen and oxygen atoms in total. The van der Waals surface area contributed by atoms with Crippen LogP contribution >= 0.6 is 0 Å². The number of carboxylic acids is 1. The van der Waals surface area contributed by atoms with Crippen LogP contribution in [0.3, 0.4) is 0 Å². The average molecular weight is 842 g/mol. The first-order chi connectivity index (χ1) is 29.6. The van der Waals surface area contributed by atoms with Gasteiger partial charge in [-0.2, -0.15) is 0 Å². The van der Waals surface area contributed by atoms with Crippen molar-refractivity contribution in [3.05, 3.63) is 130 Å². The number of amides is 5. The lowest BCUT2D eigenvalue weighted by Gasteiger charge is -2.17.